The van der Waals surface area contributed by atoms with Crippen molar-refractivity contribution in [3.63, 3.8) is 0 Å². The van der Waals surface area contributed by atoms with Gasteiger partial charge < -0.3 is 9.72 Å². The van der Waals surface area contributed by atoms with Crippen molar-refractivity contribution in [3.8, 4) is 11.8 Å². The zero-order chi connectivity index (χ0) is 19.1. The number of nitrogens with one attached hydrogen (secondary N) is 1. The number of hydrogen-bond donors (Lipinski definition) is 1. The Labute approximate surface area is 162 Å². The van der Waals surface area contributed by atoms with Crippen molar-refractivity contribution in [2.24, 2.45) is 5.92 Å². The van der Waals surface area contributed by atoms with E-state index in [0.29, 0.717) is 17.4 Å². The Morgan fingerprint density at radius 3 is 2.79 bits per heavy atom. The van der Waals surface area contributed by atoms with Crippen molar-refractivity contribution in [2.75, 3.05) is 0 Å². The molecule has 1 aliphatic carbocycles. The molecule has 6 heteroatoms. The molecule has 1 aliphatic rings. The highest BCUT2D eigenvalue weighted by molar-refractivity contribution is 5.75. The van der Waals surface area contributed by atoms with Crippen molar-refractivity contribution in [1.29, 1.82) is 5.26 Å². The fourth-order valence-electron chi connectivity index (χ4n) is 4.50. The summed E-state index contributed by atoms with van der Waals surface area (Å²) >= 11 is 0. The predicted molar refractivity (Wildman–Crippen MR) is 106 cm³/mol. The minimum atomic E-state index is 0.152. The SMILES string of the molecule is CCC1CC(Oc2ccc(C#N)cc2)CC1c1ncc2cnc3[nH]ccc3n12. The summed E-state index contributed by atoms with van der Waals surface area (Å²) in [6, 6.07) is 11.6. The minimum absolute atomic E-state index is 0.152. The van der Waals surface area contributed by atoms with Gasteiger partial charge in [-0.1, -0.05) is 13.3 Å². The van der Waals surface area contributed by atoms with Crippen molar-refractivity contribution in [1.82, 2.24) is 19.4 Å². The number of nitriles is 1. The van der Waals surface area contributed by atoms with Crippen LogP contribution in [0.15, 0.2) is 48.9 Å². The van der Waals surface area contributed by atoms with Gasteiger partial charge in [0.1, 0.15) is 11.6 Å². The first-order valence-electron chi connectivity index (χ1n) is 9.73. The average Bonchev–Trinajstić information content (AvgIpc) is 3.45. The number of aromatic nitrogens is 4. The van der Waals surface area contributed by atoms with E-state index in [1.54, 1.807) is 12.1 Å². The maximum absolute atomic E-state index is 8.96. The van der Waals surface area contributed by atoms with Crippen LogP contribution >= 0.6 is 0 Å². The molecule has 1 aromatic carbocycles. The number of aromatic amines is 1. The van der Waals surface area contributed by atoms with Gasteiger partial charge in [0.05, 0.1) is 41.2 Å². The van der Waals surface area contributed by atoms with Crippen LogP contribution in [0.1, 0.15) is 43.5 Å². The van der Waals surface area contributed by atoms with E-state index in [-0.39, 0.29) is 6.10 Å². The van der Waals surface area contributed by atoms with Gasteiger partial charge in [0.25, 0.3) is 0 Å². The van der Waals surface area contributed by atoms with Crippen LogP contribution < -0.4 is 4.74 Å². The van der Waals surface area contributed by atoms with E-state index in [4.69, 9.17) is 15.0 Å². The van der Waals surface area contributed by atoms with Gasteiger partial charge in [-0.05, 0) is 49.1 Å². The molecule has 0 spiro atoms. The summed E-state index contributed by atoms with van der Waals surface area (Å²) in [5.74, 6) is 2.79. The Hall–Kier alpha value is -3.33. The second kappa shape index (κ2) is 6.68. The highest BCUT2D eigenvalue weighted by Gasteiger charge is 2.38. The molecule has 0 radical (unpaired) electrons. The van der Waals surface area contributed by atoms with Crippen LogP contribution in [0.25, 0.3) is 16.7 Å². The van der Waals surface area contributed by atoms with E-state index >= 15 is 0 Å². The summed E-state index contributed by atoms with van der Waals surface area (Å²) in [6.45, 7) is 2.24. The highest BCUT2D eigenvalue weighted by Crippen LogP contribution is 2.43. The lowest BCUT2D eigenvalue weighted by Gasteiger charge is -2.16. The van der Waals surface area contributed by atoms with Gasteiger partial charge in [0.2, 0.25) is 0 Å². The quantitative estimate of drug-likeness (QED) is 0.575. The van der Waals surface area contributed by atoms with Crippen LogP contribution in [0.3, 0.4) is 0 Å². The number of ether oxygens (including phenoxy) is 1. The van der Waals surface area contributed by atoms with Crippen LogP contribution in [0.2, 0.25) is 0 Å². The lowest BCUT2D eigenvalue weighted by Crippen LogP contribution is -2.12. The molecular weight excluding hydrogens is 350 g/mol. The van der Waals surface area contributed by atoms with Crippen molar-refractivity contribution >= 4 is 16.7 Å². The van der Waals surface area contributed by atoms with Crippen LogP contribution in [-0.2, 0) is 0 Å². The zero-order valence-corrected chi connectivity index (χ0v) is 15.7. The molecule has 0 bridgehead atoms. The van der Waals surface area contributed by atoms with Gasteiger partial charge in [-0.2, -0.15) is 5.26 Å². The fraction of sp³-hybridized carbons (Fsp3) is 0.318. The van der Waals surface area contributed by atoms with Crippen molar-refractivity contribution in [3.05, 3.63) is 60.3 Å². The van der Waals surface area contributed by atoms with E-state index in [1.165, 1.54) is 0 Å². The molecular formula is C22H21N5O. The van der Waals surface area contributed by atoms with Gasteiger partial charge >= 0.3 is 0 Å². The Balaban J connectivity index is 1.46. The first kappa shape index (κ1) is 16.8. The Bertz CT molecular complexity index is 1170. The number of imidazole rings is 1. The number of benzene rings is 1. The van der Waals surface area contributed by atoms with Gasteiger partial charge in [-0.3, -0.25) is 4.40 Å². The maximum Gasteiger partial charge on any atom is 0.154 e. The monoisotopic (exact) mass is 371 g/mol. The molecule has 1 fully saturated rings. The summed E-state index contributed by atoms with van der Waals surface area (Å²) in [6.07, 6.45) is 8.90. The standard InChI is InChI=1S/C22H21N5O/c1-2-15-9-18(28-17-5-3-14(11-23)4-6-17)10-19(15)22-26-13-16-12-25-21-20(27(16)22)7-8-24-21/h3-8,12-13,15,18-19,24H,2,9-10H2,1H3. The molecule has 6 nitrogen and oxygen atoms in total. The lowest BCUT2D eigenvalue weighted by molar-refractivity contribution is 0.203. The smallest absolute Gasteiger partial charge is 0.154 e. The molecule has 0 saturated heterocycles. The third-order valence-corrected chi connectivity index (χ3v) is 5.88. The van der Waals surface area contributed by atoms with Crippen LogP contribution in [0.4, 0.5) is 0 Å². The van der Waals surface area contributed by atoms with Gasteiger partial charge in [-0.25, -0.2) is 9.97 Å². The molecule has 5 rings (SSSR count). The Morgan fingerprint density at radius 2 is 2.00 bits per heavy atom. The topological polar surface area (TPSA) is 79.0 Å². The normalized spacial score (nSPS) is 21.9. The maximum atomic E-state index is 8.96. The van der Waals surface area contributed by atoms with E-state index in [1.807, 2.05) is 30.7 Å². The molecule has 1 saturated carbocycles. The molecule has 0 aliphatic heterocycles. The van der Waals surface area contributed by atoms with E-state index in [2.05, 4.69) is 33.4 Å². The summed E-state index contributed by atoms with van der Waals surface area (Å²) < 4.78 is 8.49. The zero-order valence-electron chi connectivity index (χ0n) is 15.7. The average molecular weight is 371 g/mol. The molecule has 3 heterocycles. The number of fused-ring (bicyclic) bond motifs is 3. The van der Waals surface area contributed by atoms with E-state index < -0.39 is 0 Å². The third-order valence-electron chi connectivity index (χ3n) is 5.88. The molecule has 3 atom stereocenters. The summed E-state index contributed by atoms with van der Waals surface area (Å²) in [4.78, 5) is 12.4. The third kappa shape index (κ3) is 2.71. The number of H-pyrrole nitrogens is 1. The Kier molecular flexibility index (Phi) is 4.01. The van der Waals surface area contributed by atoms with Gasteiger partial charge in [-0.15, -0.1) is 0 Å². The summed E-state index contributed by atoms with van der Waals surface area (Å²) in [5, 5.41) is 8.96. The lowest BCUT2D eigenvalue weighted by atomic mass is 9.93. The predicted octanol–water partition coefficient (Wildman–Crippen LogP) is 4.43. The molecule has 3 aromatic heterocycles. The van der Waals surface area contributed by atoms with Gasteiger partial charge in [0, 0.05) is 12.1 Å². The molecule has 28 heavy (non-hydrogen) atoms. The largest absolute Gasteiger partial charge is 0.490 e. The summed E-state index contributed by atoms with van der Waals surface area (Å²) in [7, 11) is 0. The molecule has 4 aromatic rings. The fourth-order valence-corrected chi connectivity index (χ4v) is 4.50. The summed E-state index contributed by atoms with van der Waals surface area (Å²) in [5.41, 5.74) is 3.61. The number of nitrogens with zero attached hydrogens (tertiary/aromatic N) is 4. The van der Waals surface area contributed by atoms with Crippen LogP contribution in [0, 0.1) is 17.2 Å². The second-order valence-corrected chi connectivity index (χ2v) is 7.47. The Morgan fingerprint density at radius 1 is 1.18 bits per heavy atom. The molecule has 140 valence electrons. The number of hydrogen-bond acceptors (Lipinski definition) is 4. The van der Waals surface area contributed by atoms with Crippen LogP contribution in [0.5, 0.6) is 5.75 Å². The molecule has 3 unspecified atom stereocenters. The van der Waals surface area contributed by atoms with Crippen molar-refractivity contribution in [2.45, 2.75) is 38.2 Å². The van der Waals surface area contributed by atoms with Gasteiger partial charge in [0.15, 0.2) is 5.65 Å². The minimum Gasteiger partial charge on any atom is -0.490 e. The first-order valence-corrected chi connectivity index (χ1v) is 9.73. The number of rotatable bonds is 4. The second-order valence-electron chi connectivity index (χ2n) is 7.47. The molecule has 0 amide bonds. The first-order chi connectivity index (χ1) is 13.8. The van der Waals surface area contributed by atoms with E-state index in [9.17, 15) is 0 Å². The van der Waals surface area contributed by atoms with E-state index in [0.717, 1.165) is 47.5 Å². The molecule has 1 N–H and O–H groups in total. The van der Waals surface area contributed by atoms with Crippen LogP contribution in [-0.4, -0.2) is 25.5 Å². The highest BCUT2D eigenvalue weighted by atomic mass is 16.5. The van der Waals surface area contributed by atoms with Crippen molar-refractivity contribution < 1.29 is 4.74 Å².